The van der Waals surface area contributed by atoms with Gasteiger partial charge in [0, 0.05) is 28.2 Å². The second-order valence-corrected chi connectivity index (χ2v) is 10.7. The minimum absolute atomic E-state index is 0.0635. The van der Waals surface area contributed by atoms with Crippen LogP contribution in [0.25, 0.3) is 0 Å². The number of sulfonamides is 1. The summed E-state index contributed by atoms with van der Waals surface area (Å²) in [4.78, 5) is 27.4. The molecule has 11 heteroatoms. The zero-order valence-electron chi connectivity index (χ0n) is 18.5. The largest absolute Gasteiger partial charge is 0.354 e. The summed E-state index contributed by atoms with van der Waals surface area (Å²) in [6.07, 6.45) is 1.71. The number of rotatable bonds is 10. The monoisotopic (exact) mass is 533 g/mol. The van der Waals surface area contributed by atoms with Crippen molar-refractivity contribution in [2.24, 2.45) is 0 Å². The second kappa shape index (κ2) is 11.9. The van der Waals surface area contributed by atoms with E-state index in [9.17, 15) is 18.0 Å². The smallest absolute Gasteiger partial charge is 0.244 e. The molecule has 0 spiro atoms. The topological polar surface area (TPSA) is 86.8 Å². The Bertz CT molecular complexity index is 1090. The highest BCUT2D eigenvalue weighted by Crippen LogP contribution is 2.27. The van der Waals surface area contributed by atoms with E-state index in [0.717, 1.165) is 17.0 Å². The van der Waals surface area contributed by atoms with E-state index in [-0.39, 0.29) is 28.2 Å². The summed E-state index contributed by atoms with van der Waals surface area (Å²) in [7, 11) is -3.87. The van der Waals surface area contributed by atoms with E-state index in [1.807, 2.05) is 6.92 Å². The van der Waals surface area contributed by atoms with Crippen molar-refractivity contribution in [1.82, 2.24) is 10.2 Å². The minimum atomic E-state index is -3.87. The summed E-state index contributed by atoms with van der Waals surface area (Å²) in [5, 5.41) is 3.70. The molecule has 0 radical (unpaired) electrons. The van der Waals surface area contributed by atoms with E-state index < -0.39 is 28.5 Å². The zero-order chi connectivity index (χ0) is 24.8. The zero-order valence-corrected chi connectivity index (χ0v) is 21.6. The van der Waals surface area contributed by atoms with Gasteiger partial charge in [0.25, 0.3) is 0 Å². The van der Waals surface area contributed by atoms with E-state index in [1.165, 1.54) is 23.1 Å². The summed E-state index contributed by atoms with van der Waals surface area (Å²) in [5.41, 5.74) is 0.844. The number of carbonyl (C=O) groups is 2. The second-order valence-electron chi connectivity index (χ2n) is 7.52. The maximum absolute atomic E-state index is 13.4. The van der Waals surface area contributed by atoms with Crippen LogP contribution in [0.5, 0.6) is 0 Å². The van der Waals surface area contributed by atoms with Crippen LogP contribution in [-0.4, -0.2) is 50.5 Å². The fraction of sp³-hybridized carbons (Fsp3) is 0.364. The molecule has 2 aromatic rings. The first-order valence-electron chi connectivity index (χ1n) is 10.2. The molecule has 1 unspecified atom stereocenters. The molecule has 0 aliphatic carbocycles. The molecule has 7 nitrogen and oxygen atoms in total. The molecule has 0 saturated heterocycles. The molecule has 2 amide bonds. The van der Waals surface area contributed by atoms with Gasteiger partial charge in [0.15, 0.2) is 0 Å². The molecule has 0 bridgehead atoms. The van der Waals surface area contributed by atoms with Gasteiger partial charge in [0.2, 0.25) is 21.8 Å². The maximum atomic E-state index is 13.4. The number of anilines is 1. The lowest BCUT2D eigenvalue weighted by atomic mass is 10.1. The van der Waals surface area contributed by atoms with E-state index in [2.05, 4.69) is 5.32 Å². The van der Waals surface area contributed by atoms with Gasteiger partial charge in [-0.1, -0.05) is 53.9 Å². The van der Waals surface area contributed by atoms with Crippen LogP contribution in [0.2, 0.25) is 15.1 Å². The van der Waals surface area contributed by atoms with Crippen molar-refractivity contribution in [2.75, 3.05) is 23.7 Å². The lowest BCUT2D eigenvalue weighted by molar-refractivity contribution is -0.139. The summed E-state index contributed by atoms with van der Waals surface area (Å²) >= 11 is 18.2. The van der Waals surface area contributed by atoms with Crippen molar-refractivity contribution < 1.29 is 18.0 Å². The van der Waals surface area contributed by atoms with Crippen molar-refractivity contribution in [1.29, 1.82) is 0 Å². The van der Waals surface area contributed by atoms with Crippen molar-refractivity contribution in [2.45, 2.75) is 32.9 Å². The Labute approximate surface area is 209 Å². The summed E-state index contributed by atoms with van der Waals surface area (Å²) in [6.45, 7) is 3.49. The summed E-state index contributed by atoms with van der Waals surface area (Å²) in [6, 6.07) is 10.3. The van der Waals surface area contributed by atoms with Crippen LogP contribution < -0.4 is 9.62 Å². The summed E-state index contributed by atoms with van der Waals surface area (Å²) < 4.78 is 26.0. The molecule has 1 N–H and O–H groups in total. The number of nitrogens with zero attached hydrogens (tertiary/aromatic N) is 2. The third-order valence-electron chi connectivity index (χ3n) is 4.77. The first kappa shape index (κ1) is 27.2. The van der Waals surface area contributed by atoms with Crippen LogP contribution in [0, 0.1) is 0 Å². The quantitative estimate of drug-likeness (QED) is 0.491. The highest BCUT2D eigenvalue weighted by Gasteiger charge is 2.30. The number of amides is 2. The van der Waals surface area contributed by atoms with Gasteiger partial charge in [0.1, 0.15) is 12.6 Å². The fourth-order valence-corrected chi connectivity index (χ4v) is 4.67. The van der Waals surface area contributed by atoms with Gasteiger partial charge < -0.3 is 10.2 Å². The summed E-state index contributed by atoms with van der Waals surface area (Å²) in [5.74, 6) is -0.917. The molecule has 0 aliphatic heterocycles. The predicted molar refractivity (Wildman–Crippen MR) is 133 cm³/mol. The third-order valence-corrected chi connectivity index (χ3v) is 6.59. The molecular formula is C22H26Cl3N3O4S. The number of nitrogens with one attached hydrogen (secondary N) is 1. The van der Waals surface area contributed by atoms with Gasteiger partial charge in [0.05, 0.1) is 11.9 Å². The SMILES string of the molecule is CCCNC(=O)C(C)N(Cc1cccc(Cl)c1)C(=O)CN(c1cc(Cl)cc(Cl)c1)S(C)(=O)=O. The molecule has 0 aliphatic rings. The molecule has 1 atom stereocenters. The average molecular weight is 535 g/mol. The number of benzene rings is 2. The van der Waals surface area contributed by atoms with Gasteiger partial charge >= 0.3 is 0 Å². The van der Waals surface area contributed by atoms with Crippen LogP contribution in [-0.2, 0) is 26.2 Å². The molecule has 180 valence electrons. The van der Waals surface area contributed by atoms with Crippen molar-refractivity contribution in [3.05, 3.63) is 63.1 Å². The van der Waals surface area contributed by atoms with Crippen molar-refractivity contribution in [3.63, 3.8) is 0 Å². The molecule has 0 aromatic heterocycles. The van der Waals surface area contributed by atoms with Crippen LogP contribution in [0.3, 0.4) is 0 Å². The number of halogens is 3. The van der Waals surface area contributed by atoms with Crippen LogP contribution in [0.15, 0.2) is 42.5 Å². The van der Waals surface area contributed by atoms with Crippen molar-refractivity contribution in [3.8, 4) is 0 Å². The van der Waals surface area contributed by atoms with E-state index in [0.29, 0.717) is 17.1 Å². The lowest BCUT2D eigenvalue weighted by Crippen LogP contribution is -2.51. The van der Waals surface area contributed by atoms with Crippen LogP contribution in [0.1, 0.15) is 25.8 Å². The van der Waals surface area contributed by atoms with E-state index in [1.54, 1.807) is 31.2 Å². The van der Waals surface area contributed by atoms with Crippen LogP contribution in [0.4, 0.5) is 5.69 Å². The molecule has 0 heterocycles. The van der Waals surface area contributed by atoms with E-state index >= 15 is 0 Å². The van der Waals surface area contributed by atoms with Gasteiger partial charge in [-0.05, 0) is 49.2 Å². The van der Waals surface area contributed by atoms with Gasteiger partial charge in [-0.25, -0.2) is 8.42 Å². The Morgan fingerprint density at radius 3 is 2.21 bits per heavy atom. The van der Waals surface area contributed by atoms with Crippen LogP contribution >= 0.6 is 34.8 Å². The van der Waals surface area contributed by atoms with Gasteiger partial charge in [-0.15, -0.1) is 0 Å². The van der Waals surface area contributed by atoms with E-state index in [4.69, 9.17) is 34.8 Å². The van der Waals surface area contributed by atoms with Gasteiger partial charge in [-0.3, -0.25) is 13.9 Å². The fourth-order valence-electron chi connectivity index (χ4n) is 3.11. The normalized spacial score (nSPS) is 12.2. The first-order valence-corrected chi connectivity index (χ1v) is 13.2. The minimum Gasteiger partial charge on any atom is -0.354 e. The Morgan fingerprint density at radius 1 is 1.03 bits per heavy atom. The number of hydrogen-bond acceptors (Lipinski definition) is 4. The molecule has 0 saturated carbocycles. The average Bonchev–Trinajstić information content (AvgIpc) is 2.71. The highest BCUT2D eigenvalue weighted by atomic mass is 35.5. The molecule has 33 heavy (non-hydrogen) atoms. The number of carbonyl (C=O) groups excluding carboxylic acids is 2. The molecular weight excluding hydrogens is 509 g/mol. The highest BCUT2D eigenvalue weighted by molar-refractivity contribution is 7.92. The van der Waals surface area contributed by atoms with Gasteiger partial charge in [-0.2, -0.15) is 0 Å². The predicted octanol–water partition coefficient (Wildman–Crippen LogP) is 4.36. The lowest BCUT2D eigenvalue weighted by Gasteiger charge is -2.31. The number of hydrogen-bond donors (Lipinski definition) is 1. The Morgan fingerprint density at radius 2 is 1.67 bits per heavy atom. The third kappa shape index (κ3) is 8.07. The molecule has 0 fully saturated rings. The Balaban J connectivity index is 2.40. The first-order chi connectivity index (χ1) is 15.4. The molecule has 2 aromatic carbocycles. The maximum Gasteiger partial charge on any atom is 0.244 e. The Kier molecular flexibility index (Phi) is 9.84. The Hall–Kier alpha value is -2.00. The van der Waals surface area contributed by atoms with Crippen molar-refractivity contribution >= 4 is 62.3 Å². The standard InChI is InChI=1S/C22H26Cl3N3O4S/c1-4-8-26-22(30)15(2)27(13-16-6-5-7-17(23)9-16)21(29)14-28(33(3,31)32)20-11-18(24)10-19(25)12-20/h5-7,9-12,15H,4,8,13-14H2,1-3H3,(H,26,30). The molecule has 2 rings (SSSR count).